The fourth-order valence-electron chi connectivity index (χ4n) is 11.3. The molecule has 0 radical (unpaired) electrons. The molecule has 0 saturated heterocycles. The number of rotatable bonds is 0. The molecule has 1 nitrogen and oxygen atoms in total. The first-order valence-corrected chi connectivity index (χ1v) is 13.7. The van der Waals surface area contributed by atoms with Gasteiger partial charge in [-0.3, -0.25) is 0 Å². The van der Waals surface area contributed by atoms with Crippen molar-refractivity contribution in [2.24, 2.45) is 56.7 Å². The highest BCUT2D eigenvalue weighted by atomic mass is 16.3. The molecule has 31 heavy (non-hydrogen) atoms. The Kier molecular flexibility index (Phi) is 4.82. The minimum absolute atomic E-state index is 0.0665. The zero-order valence-electron chi connectivity index (χ0n) is 21.9. The van der Waals surface area contributed by atoms with E-state index in [4.69, 9.17) is 0 Å². The molecule has 5 aliphatic carbocycles. The van der Waals surface area contributed by atoms with E-state index in [-0.39, 0.29) is 11.5 Å². The van der Waals surface area contributed by atoms with Gasteiger partial charge in [-0.15, -0.1) is 0 Å². The molecule has 4 fully saturated rings. The van der Waals surface area contributed by atoms with E-state index in [1.54, 1.807) is 5.57 Å². The van der Waals surface area contributed by atoms with Gasteiger partial charge in [-0.25, -0.2) is 0 Å². The molecule has 0 aliphatic heterocycles. The molecule has 0 bridgehead atoms. The molecule has 1 N–H and O–H groups in total. The molecule has 5 rings (SSSR count). The second-order valence-corrected chi connectivity index (χ2v) is 14.7. The van der Waals surface area contributed by atoms with Gasteiger partial charge in [0.05, 0.1) is 6.10 Å². The van der Waals surface area contributed by atoms with E-state index in [9.17, 15) is 5.11 Å². The lowest BCUT2D eigenvalue weighted by Gasteiger charge is -2.73. The summed E-state index contributed by atoms with van der Waals surface area (Å²) < 4.78 is 0. The molecule has 5 aliphatic rings. The van der Waals surface area contributed by atoms with Crippen molar-refractivity contribution in [3.63, 3.8) is 0 Å². The molecule has 0 spiro atoms. The van der Waals surface area contributed by atoms with Crippen LogP contribution in [0.15, 0.2) is 11.6 Å². The van der Waals surface area contributed by atoms with E-state index in [2.05, 4.69) is 61.5 Å². The van der Waals surface area contributed by atoms with E-state index in [1.165, 1.54) is 51.4 Å². The molecular formula is C30H50O. The van der Waals surface area contributed by atoms with Gasteiger partial charge >= 0.3 is 0 Å². The Balaban J connectivity index is 1.55. The van der Waals surface area contributed by atoms with Crippen molar-refractivity contribution in [1.82, 2.24) is 0 Å². The first kappa shape index (κ1) is 22.5. The average Bonchev–Trinajstić information content (AvgIpc) is 2.69. The molecular weight excluding hydrogens is 376 g/mol. The Morgan fingerprint density at radius 1 is 0.806 bits per heavy atom. The van der Waals surface area contributed by atoms with E-state index >= 15 is 0 Å². The maximum atomic E-state index is 10.9. The summed E-state index contributed by atoms with van der Waals surface area (Å²) in [4.78, 5) is 0. The van der Waals surface area contributed by atoms with E-state index in [0.717, 1.165) is 30.1 Å². The van der Waals surface area contributed by atoms with Crippen molar-refractivity contribution in [2.45, 2.75) is 119 Å². The van der Waals surface area contributed by atoms with Crippen molar-refractivity contribution < 1.29 is 5.11 Å². The van der Waals surface area contributed by atoms with E-state index < -0.39 is 0 Å². The summed E-state index contributed by atoms with van der Waals surface area (Å²) in [5.74, 6) is 4.00. The molecule has 10 atom stereocenters. The zero-order chi connectivity index (χ0) is 22.6. The van der Waals surface area contributed by atoms with Gasteiger partial charge in [0.25, 0.3) is 0 Å². The van der Waals surface area contributed by atoms with Crippen LogP contribution in [0.1, 0.15) is 113 Å². The Labute approximate surface area is 192 Å². The smallest absolute Gasteiger partial charge is 0.0594 e. The van der Waals surface area contributed by atoms with Crippen LogP contribution in [0.2, 0.25) is 0 Å². The van der Waals surface area contributed by atoms with Gasteiger partial charge in [-0.2, -0.15) is 0 Å². The first-order valence-electron chi connectivity index (χ1n) is 13.7. The fraction of sp³-hybridized carbons (Fsp3) is 0.933. The molecule has 0 amide bonds. The highest BCUT2D eigenvalue weighted by Crippen LogP contribution is 2.76. The molecule has 0 aromatic heterocycles. The Hall–Kier alpha value is -0.300. The monoisotopic (exact) mass is 426 g/mol. The molecule has 176 valence electrons. The van der Waals surface area contributed by atoms with Crippen LogP contribution in [-0.2, 0) is 0 Å². The molecule has 0 unspecified atom stereocenters. The summed E-state index contributed by atoms with van der Waals surface area (Å²) >= 11 is 0. The third-order valence-electron chi connectivity index (χ3n) is 13.5. The summed E-state index contributed by atoms with van der Waals surface area (Å²) in [5.41, 5.74) is 3.58. The Bertz CT molecular complexity index is 779. The minimum atomic E-state index is -0.116. The SMILES string of the molecule is CC1=CC[C@]2(C)CC[C@]3(C)[C@@H](CC[C@@H]4[C@@]5(C)CC[C@H](O)C(C)(C)[C@@H]5CC[C@]43C)[C@@H]2[C@@H]1C. The highest BCUT2D eigenvalue weighted by molar-refractivity contribution is 5.22. The maximum Gasteiger partial charge on any atom is 0.0594 e. The van der Waals surface area contributed by atoms with Gasteiger partial charge in [-0.05, 0) is 121 Å². The lowest BCUT2D eigenvalue weighted by molar-refractivity contribution is -0.250. The summed E-state index contributed by atoms with van der Waals surface area (Å²) in [5, 5.41) is 10.9. The lowest BCUT2D eigenvalue weighted by atomic mass is 9.31. The average molecular weight is 427 g/mol. The fourth-order valence-corrected chi connectivity index (χ4v) is 11.3. The predicted octanol–water partition coefficient (Wildman–Crippen LogP) is 8.02. The van der Waals surface area contributed by atoms with Crippen LogP contribution in [0.4, 0.5) is 0 Å². The lowest BCUT2D eigenvalue weighted by Crippen LogP contribution is -2.67. The quantitative estimate of drug-likeness (QED) is 0.389. The number of fused-ring (bicyclic) bond motifs is 7. The summed E-state index contributed by atoms with van der Waals surface area (Å²) in [6, 6.07) is 0. The number of hydrogen-bond donors (Lipinski definition) is 1. The van der Waals surface area contributed by atoms with Gasteiger partial charge in [0.2, 0.25) is 0 Å². The Morgan fingerprint density at radius 2 is 1.52 bits per heavy atom. The molecule has 4 saturated carbocycles. The third kappa shape index (κ3) is 2.65. The second-order valence-electron chi connectivity index (χ2n) is 14.7. The normalized spacial score (nSPS) is 58.3. The van der Waals surface area contributed by atoms with Gasteiger partial charge in [0.15, 0.2) is 0 Å². The van der Waals surface area contributed by atoms with Gasteiger partial charge in [0, 0.05) is 0 Å². The van der Waals surface area contributed by atoms with Gasteiger partial charge in [-0.1, -0.05) is 60.1 Å². The van der Waals surface area contributed by atoms with Gasteiger partial charge in [0.1, 0.15) is 0 Å². The molecule has 1 heteroatoms. The molecule has 0 aromatic carbocycles. The van der Waals surface area contributed by atoms with Crippen LogP contribution >= 0.6 is 0 Å². The van der Waals surface area contributed by atoms with Crippen LogP contribution in [0, 0.1) is 56.7 Å². The highest BCUT2D eigenvalue weighted by Gasteiger charge is 2.69. The van der Waals surface area contributed by atoms with Crippen LogP contribution in [-0.4, -0.2) is 11.2 Å². The number of aliphatic hydroxyl groups excluding tert-OH is 1. The van der Waals surface area contributed by atoms with Crippen LogP contribution in [0.5, 0.6) is 0 Å². The first-order chi connectivity index (χ1) is 14.3. The van der Waals surface area contributed by atoms with E-state index in [1.807, 2.05) is 0 Å². The van der Waals surface area contributed by atoms with Crippen molar-refractivity contribution >= 4 is 0 Å². The Morgan fingerprint density at radius 3 is 2.23 bits per heavy atom. The van der Waals surface area contributed by atoms with Crippen molar-refractivity contribution in [3.8, 4) is 0 Å². The predicted molar refractivity (Wildman–Crippen MR) is 131 cm³/mol. The van der Waals surface area contributed by atoms with Crippen LogP contribution in [0.25, 0.3) is 0 Å². The summed E-state index contributed by atoms with van der Waals surface area (Å²) in [6.45, 7) is 20.5. The standard InChI is InChI=1S/C30H50O/c1-19-11-14-27(5)17-18-29(7)21(25(27)20(19)2)9-10-23-28(6)15-13-24(31)26(3,4)22(28)12-16-30(23,29)8/h11,20-25,31H,9-10,12-18H2,1-8H3/t20-,21+,22+,23-,24+,25+,27-,28+,29-,30-/m1/s1. The van der Waals surface area contributed by atoms with E-state index in [0.29, 0.717) is 27.6 Å². The number of hydrogen-bond acceptors (Lipinski definition) is 1. The van der Waals surface area contributed by atoms with Gasteiger partial charge < -0.3 is 5.11 Å². The number of allylic oxidation sites excluding steroid dienone is 2. The summed E-state index contributed by atoms with van der Waals surface area (Å²) in [6.07, 6.45) is 14.5. The van der Waals surface area contributed by atoms with Crippen LogP contribution in [0.3, 0.4) is 0 Å². The second kappa shape index (κ2) is 6.64. The van der Waals surface area contributed by atoms with Crippen LogP contribution < -0.4 is 0 Å². The minimum Gasteiger partial charge on any atom is -0.393 e. The molecule has 0 heterocycles. The topological polar surface area (TPSA) is 20.2 Å². The molecule has 0 aromatic rings. The van der Waals surface area contributed by atoms with Crippen molar-refractivity contribution in [3.05, 3.63) is 11.6 Å². The third-order valence-corrected chi connectivity index (χ3v) is 13.5. The maximum absolute atomic E-state index is 10.9. The number of aliphatic hydroxyl groups is 1. The summed E-state index contributed by atoms with van der Waals surface area (Å²) in [7, 11) is 0. The largest absolute Gasteiger partial charge is 0.393 e. The van der Waals surface area contributed by atoms with Crippen molar-refractivity contribution in [2.75, 3.05) is 0 Å². The van der Waals surface area contributed by atoms with Crippen molar-refractivity contribution in [1.29, 1.82) is 0 Å². The zero-order valence-corrected chi connectivity index (χ0v) is 21.9.